The van der Waals surface area contributed by atoms with Crippen molar-refractivity contribution in [3.63, 3.8) is 0 Å². The number of hydrogen-bond donors (Lipinski definition) is 0. The Balaban J connectivity index is 1.85. The van der Waals surface area contributed by atoms with E-state index in [2.05, 4.69) is 24.2 Å². The third-order valence-electron chi connectivity index (χ3n) is 3.64. The molecule has 1 aliphatic rings. The second-order valence-electron chi connectivity index (χ2n) is 4.95. The van der Waals surface area contributed by atoms with Gasteiger partial charge in [-0.05, 0) is 31.2 Å². The molecule has 1 nitrogen and oxygen atoms in total. The highest BCUT2D eigenvalue weighted by Gasteiger charge is 2.21. The lowest BCUT2D eigenvalue weighted by atomic mass is 9.99. The van der Waals surface area contributed by atoms with Crippen LogP contribution >= 0.6 is 11.8 Å². The van der Waals surface area contributed by atoms with Crippen LogP contribution in [0.25, 0.3) is 0 Å². The molecule has 0 radical (unpaired) electrons. The van der Waals surface area contributed by atoms with Gasteiger partial charge in [-0.15, -0.1) is 11.8 Å². The zero-order valence-corrected chi connectivity index (χ0v) is 12.3. The number of carbonyl (C=O) groups excluding carboxylic acids is 1. The molecule has 0 unspecified atom stereocenters. The maximum atomic E-state index is 11.9. The van der Waals surface area contributed by atoms with E-state index >= 15 is 0 Å². The van der Waals surface area contributed by atoms with E-state index in [1.165, 1.54) is 17.7 Å². The van der Waals surface area contributed by atoms with Gasteiger partial charge in [0.15, 0.2) is 0 Å². The summed E-state index contributed by atoms with van der Waals surface area (Å²) in [5, 5.41) is 0. The van der Waals surface area contributed by atoms with Crippen molar-refractivity contribution in [3.05, 3.63) is 29.8 Å². The van der Waals surface area contributed by atoms with Crippen LogP contribution in [0.4, 0.5) is 0 Å². The molecule has 19 heavy (non-hydrogen) atoms. The minimum Gasteiger partial charge on any atom is -0.299 e. The number of rotatable bonds is 4. The number of benzene rings is 1. The summed E-state index contributed by atoms with van der Waals surface area (Å²) in [7, 11) is 0. The van der Waals surface area contributed by atoms with Crippen molar-refractivity contribution in [2.45, 2.75) is 43.4 Å². The summed E-state index contributed by atoms with van der Waals surface area (Å²) in [6.07, 6.45) is 8.02. The van der Waals surface area contributed by atoms with E-state index in [-0.39, 0.29) is 0 Å². The first-order chi connectivity index (χ1) is 9.31. The Labute approximate surface area is 120 Å². The molecule has 1 aromatic rings. The highest BCUT2D eigenvalue weighted by Crippen LogP contribution is 2.26. The molecule has 0 aliphatic heterocycles. The number of Topliss-reactive ketones (excluding diaryl/α,β-unsaturated/α-hetero) is 1. The molecule has 1 aliphatic carbocycles. The van der Waals surface area contributed by atoms with Crippen molar-refractivity contribution in [2.75, 3.05) is 6.26 Å². The molecule has 100 valence electrons. The van der Waals surface area contributed by atoms with E-state index < -0.39 is 0 Å². The fraction of sp³-hybridized carbons (Fsp3) is 0.471. The summed E-state index contributed by atoms with van der Waals surface area (Å²) in [4.78, 5) is 13.1. The summed E-state index contributed by atoms with van der Waals surface area (Å²) in [6.45, 7) is 0. The lowest BCUT2D eigenvalue weighted by Gasteiger charge is -2.04. The van der Waals surface area contributed by atoms with Crippen molar-refractivity contribution in [1.82, 2.24) is 0 Å². The average Bonchev–Trinajstić information content (AvgIpc) is 2.98. The van der Waals surface area contributed by atoms with Gasteiger partial charge in [-0.3, -0.25) is 4.79 Å². The second-order valence-corrected chi connectivity index (χ2v) is 5.80. The second kappa shape index (κ2) is 7.40. The Morgan fingerprint density at radius 1 is 1.32 bits per heavy atom. The van der Waals surface area contributed by atoms with E-state index in [0.717, 1.165) is 18.4 Å². The Hall–Kier alpha value is -1.20. The van der Waals surface area contributed by atoms with Gasteiger partial charge in [0.05, 0.1) is 0 Å². The molecule has 0 saturated heterocycles. The molecule has 0 amide bonds. The maximum absolute atomic E-state index is 11.9. The molecule has 0 aromatic heterocycles. The average molecular weight is 272 g/mol. The van der Waals surface area contributed by atoms with Gasteiger partial charge in [-0.2, -0.15) is 0 Å². The highest BCUT2D eigenvalue weighted by molar-refractivity contribution is 7.98. The summed E-state index contributed by atoms with van der Waals surface area (Å²) < 4.78 is 0. The molecule has 1 aromatic carbocycles. The fourth-order valence-corrected chi connectivity index (χ4v) is 3.10. The van der Waals surface area contributed by atoms with Crippen LogP contribution in [0, 0.1) is 17.8 Å². The lowest BCUT2D eigenvalue weighted by molar-refractivity contribution is -0.122. The van der Waals surface area contributed by atoms with Crippen LogP contribution in [0.15, 0.2) is 29.2 Å². The van der Waals surface area contributed by atoms with Crippen LogP contribution in [0.1, 0.15) is 44.1 Å². The minimum atomic E-state index is 0.334. The van der Waals surface area contributed by atoms with E-state index in [1.54, 1.807) is 11.8 Å². The van der Waals surface area contributed by atoms with Crippen LogP contribution in [-0.4, -0.2) is 12.0 Å². The van der Waals surface area contributed by atoms with Crippen molar-refractivity contribution >= 4 is 17.5 Å². The molecule has 0 atom stereocenters. The molecule has 0 spiro atoms. The van der Waals surface area contributed by atoms with Gasteiger partial charge < -0.3 is 0 Å². The number of thioether (sulfide) groups is 1. The van der Waals surface area contributed by atoms with Crippen molar-refractivity contribution in [1.29, 1.82) is 0 Å². The summed E-state index contributed by atoms with van der Waals surface area (Å²) >= 11 is 1.71. The Morgan fingerprint density at radius 2 is 2.05 bits per heavy atom. The molecule has 2 rings (SSSR count). The van der Waals surface area contributed by atoms with Crippen molar-refractivity contribution in [3.8, 4) is 11.8 Å². The normalized spacial score (nSPS) is 15.0. The van der Waals surface area contributed by atoms with Crippen LogP contribution in [0.5, 0.6) is 0 Å². The lowest BCUT2D eigenvalue weighted by Crippen LogP contribution is -2.09. The molecule has 2 heteroatoms. The number of ketones is 1. The van der Waals surface area contributed by atoms with Crippen LogP contribution in [0.3, 0.4) is 0 Å². The van der Waals surface area contributed by atoms with Crippen LogP contribution < -0.4 is 0 Å². The zero-order chi connectivity index (χ0) is 13.5. The Bertz CT molecular complexity index is 489. The summed E-state index contributed by atoms with van der Waals surface area (Å²) in [6, 6.07) is 8.16. The molecule has 0 bridgehead atoms. The first-order valence-electron chi connectivity index (χ1n) is 6.96. The number of carbonyl (C=O) groups is 1. The molecule has 1 saturated carbocycles. The van der Waals surface area contributed by atoms with Gasteiger partial charge in [-0.25, -0.2) is 0 Å². The quantitative estimate of drug-likeness (QED) is 0.600. The highest BCUT2D eigenvalue weighted by atomic mass is 32.2. The van der Waals surface area contributed by atoms with Gasteiger partial charge in [0.1, 0.15) is 5.78 Å². The van der Waals surface area contributed by atoms with Crippen LogP contribution in [-0.2, 0) is 4.79 Å². The monoisotopic (exact) mass is 272 g/mol. The topological polar surface area (TPSA) is 17.1 Å². The van der Waals surface area contributed by atoms with Gasteiger partial charge in [0, 0.05) is 29.2 Å². The molecule has 0 N–H and O–H groups in total. The van der Waals surface area contributed by atoms with Gasteiger partial charge in [-0.1, -0.05) is 36.8 Å². The predicted octanol–water partition coefficient (Wildman–Crippen LogP) is 4.30. The van der Waals surface area contributed by atoms with Crippen molar-refractivity contribution in [2.24, 2.45) is 5.92 Å². The van der Waals surface area contributed by atoms with Gasteiger partial charge >= 0.3 is 0 Å². The number of hydrogen-bond acceptors (Lipinski definition) is 2. The summed E-state index contributed by atoms with van der Waals surface area (Å²) in [5.41, 5.74) is 1.07. The Morgan fingerprint density at radius 3 is 2.79 bits per heavy atom. The van der Waals surface area contributed by atoms with Crippen molar-refractivity contribution < 1.29 is 4.79 Å². The molecular weight excluding hydrogens is 252 g/mol. The van der Waals surface area contributed by atoms with Gasteiger partial charge in [0.25, 0.3) is 0 Å². The predicted molar refractivity (Wildman–Crippen MR) is 81.3 cm³/mol. The smallest absolute Gasteiger partial charge is 0.136 e. The third-order valence-corrected chi connectivity index (χ3v) is 4.43. The van der Waals surface area contributed by atoms with E-state index in [4.69, 9.17) is 0 Å². The molecule has 1 fully saturated rings. The molecular formula is C17H20OS. The minimum absolute atomic E-state index is 0.334. The SMILES string of the molecule is CSc1ccccc1C#CCCC(=O)C1CCCC1. The zero-order valence-electron chi connectivity index (χ0n) is 11.4. The maximum Gasteiger partial charge on any atom is 0.136 e. The largest absolute Gasteiger partial charge is 0.299 e. The first kappa shape index (κ1) is 14.2. The van der Waals surface area contributed by atoms with E-state index in [1.807, 2.05) is 18.2 Å². The third kappa shape index (κ3) is 4.14. The van der Waals surface area contributed by atoms with E-state index in [0.29, 0.717) is 24.5 Å². The summed E-state index contributed by atoms with van der Waals surface area (Å²) in [5.74, 6) is 7.09. The molecule has 0 heterocycles. The van der Waals surface area contributed by atoms with Gasteiger partial charge in [0.2, 0.25) is 0 Å². The fourth-order valence-electron chi connectivity index (χ4n) is 2.54. The van der Waals surface area contributed by atoms with E-state index in [9.17, 15) is 4.79 Å². The van der Waals surface area contributed by atoms with Crippen LogP contribution in [0.2, 0.25) is 0 Å². The first-order valence-corrected chi connectivity index (χ1v) is 8.18. The Kier molecular flexibility index (Phi) is 5.54. The standard InChI is InChI=1S/C17H20OS/c1-19-17-13-7-5-11-15(17)10-4-6-12-16(18)14-8-2-3-9-14/h5,7,11,13-14H,2-3,6,8-9,12H2,1H3.